The molecule has 1 amide bonds. The molecule has 1 heterocycles. The van der Waals surface area contributed by atoms with Crippen LogP contribution in [0.15, 0.2) is 78.4 Å². The Kier molecular flexibility index (Phi) is 8.78. The van der Waals surface area contributed by atoms with Crippen LogP contribution < -0.4 is 4.74 Å². The van der Waals surface area contributed by atoms with Gasteiger partial charge in [-0.25, -0.2) is 4.79 Å². The van der Waals surface area contributed by atoms with E-state index in [1.165, 1.54) is 12.0 Å². The molecule has 0 aromatic heterocycles. The molecule has 0 bridgehead atoms. The van der Waals surface area contributed by atoms with Crippen LogP contribution in [0.25, 0.3) is 5.76 Å². The lowest BCUT2D eigenvalue weighted by molar-refractivity contribution is -0.140. The number of carbonyl (C=O) groups excluding carboxylic acids is 3. The SMILES string of the molecule is COCCCN1C(=O)C(=O)/C(=C(/O)c2ccc(OCc3cccc(C)c3)cc2)[C@@H]1c1ccc(C(=O)OC)cc1. The van der Waals surface area contributed by atoms with Crippen LogP contribution in [-0.2, 0) is 25.7 Å². The number of aliphatic hydroxyl groups is 1. The number of hydrogen-bond donors (Lipinski definition) is 1. The van der Waals surface area contributed by atoms with Gasteiger partial charge in [0.05, 0.1) is 24.3 Å². The summed E-state index contributed by atoms with van der Waals surface area (Å²) in [6, 6.07) is 20.3. The molecule has 39 heavy (non-hydrogen) atoms. The number of aryl methyl sites for hydroxylation is 1. The third kappa shape index (κ3) is 6.18. The van der Waals surface area contributed by atoms with Crippen molar-refractivity contribution in [1.82, 2.24) is 4.90 Å². The molecular formula is C31H31NO7. The number of nitrogens with zero attached hydrogens (tertiary/aromatic N) is 1. The van der Waals surface area contributed by atoms with Crippen molar-refractivity contribution in [1.29, 1.82) is 0 Å². The quantitative estimate of drug-likeness (QED) is 0.132. The van der Waals surface area contributed by atoms with Gasteiger partial charge in [0.1, 0.15) is 18.1 Å². The Morgan fingerprint density at radius 1 is 0.949 bits per heavy atom. The van der Waals surface area contributed by atoms with Gasteiger partial charge in [-0.1, -0.05) is 42.0 Å². The van der Waals surface area contributed by atoms with Crippen molar-refractivity contribution in [3.63, 3.8) is 0 Å². The second-order valence-corrected chi connectivity index (χ2v) is 9.25. The molecular weight excluding hydrogens is 498 g/mol. The minimum absolute atomic E-state index is 0.0170. The summed E-state index contributed by atoms with van der Waals surface area (Å²) in [4.78, 5) is 39.6. The van der Waals surface area contributed by atoms with E-state index in [0.717, 1.165) is 11.1 Å². The van der Waals surface area contributed by atoms with Crippen LogP contribution >= 0.6 is 0 Å². The fourth-order valence-corrected chi connectivity index (χ4v) is 4.59. The number of likely N-dealkylation sites (tertiary alicyclic amines) is 1. The minimum atomic E-state index is -0.828. The van der Waals surface area contributed by atoms with E-state index >= 15 is 0 Å². The molecule has 3 aromatic rings. The maximum Gasteiger partial charge on any atom is 0.337 e. The second kappa shape index (κ2) is 12.4. The van der Waals surface area contributed by atoms with Crippen LogP contribution in [0.2, 0.25) is 0 Å². The summed E-state index contributed by atoms with van der Waals surface area (Å²) in [5, 5.41) is 11.3. The third-order valence-electron chi connectivity index (χ3n) is 6.55. The van der Waals surface area contributed by atoms with E-state index in [-0.39, 0.29) is 17.9 Å². The molecule has 0 spiro atoms. The number of esters is 1. The van der Waals surface area contributed by atoms with Gasteiger partial charge in [0.15, 0.2) is 0 Å². The standard InChI is InChI=1S/C31H31NO7/c1-20-6-4-7-21(18-20)19-39-25-14-12-23(13-15-25)28(33)26-27(22-8-10-24(11-9-22)31(36)38-3)32(16-5-17-37-2)30(35)29(26)34/h4,6-15,18,27,33H,5,16-17,19H2,1-3H3/b28-26+/t27-/m0/s1. The Bertz CT molecular complexity index is 1380. The number of ether oxygens (including phenoxy) is 3. The summed E-state index contributed by atoms with van der Waals surface area (Å²) in [6.07, 6.45) is 0.507. The fraction of sp³-hybridized carbons (Fsp3) is 0.258. The topological polar surface area (TPSA) is 102 Å². The van der Waals surface area contributed by atoms with E-state index in [4.69, 9.17) is 14.2 Å². The number of carbonyl (C=O) groups is 3. The van der Waals surface area contributed by atoms with E-state index in [9.17, 15) is 19.5 Å². The van der Waals surface area contributed by atoms with Gasteiger partial charge < -0.3 is 24.2 Å². The van der Waals surface area contributed by atoms with Crippen molar-refractivity contribution in [2.75, 3.05) is 27.4 Å². The summed E-state index contributed by atoms with van der Waals surface area (Å²) >= 11 is 0. The number of hydrogen-bond acceptors (Lipinski definition) is 7. The normalized spacial score (nSPS) is 16.4. The lowest BCUT2D eigenvalue weighted by Gasteiger charge is -2.25. The summed E-state index contributed by atoms with van der Waals surface area (Å²) in [6.45, 7) is 3.07. The number of ketones is 1. The van der Waals surface area contributed by atoms with Crippen LogP contribution in [0, 0.1) is 6.92 Å². The van der Waals surface area contributed by atoms with Gasteiger partial charge >= 0.3 is 5.97 Å². The molecule has 0 unspecified atom stereocenters. The number of amides is 1. The number of Topliss-reactive ketones (excluding diaryl/α,β-unsaturated/α-hetero) is 1. The average Bonchev–Trinajstić information content (AvgIpc) is 3.21. The highest BCUT2D eigenvalue weighted by molar-refractivity contribution is 6.46. The molecule has 1 saturated heterocycles. The first-order valence-electron chi connectivity index (χ1n) is 12.6. The lowest BCUT2D eigenvalue weighted by atomic mass is 9.94. The highest BCUT2D eigenvalue weighted by Crippen LogP contribution is 2.39. The molecule has 202 valence electrons. The van der Waals surface area contributed by atoms with E-state index in [1.54, 1.807) is 55.6 Å². The molecule has 0 aliphatic carbocycles. The fourth-order valence-electron chi connectivity index (χ4n) is 4.59. The average molecular weight is 530 g/mol. The summed E-state index contributed by atoms with van der Waals surface area (Å²) in [5.74, 6) is -1.65. The van der Waals surface area contributed by atoms with E-state index in [0.29, 0.717) is 42.1 Å². The smallest absolute Gasteiger partial charge is 0.337 e. The van der Waals surface area contributed by atoms with Crippen molar-refractivity contribution < 1.29 is 33.7 Å². The Morgan fingerprint density at radius 3 is 2.28 bits per heavy atom. The molecule has 0 saturated carbocycles. The molecule has 1 aliphatic heterocycles. The van der Waals surface area contributed by atoms with Gasteiger partial charge in [-0.3, -0.25) is 9.59 Å². The first-order valence-corrected chi connectivity index (χ1v) is 12.6. The maximum atomic E-state index is 13.2. The van der Waals surface area contributed by atoms with E-state index < -0.39 is 23.7 Å². The van der Waals surface area contributed by atoms with Gasteiger partial charge in [-0.15, -0.1) is 0 Å². The predicted molar refractivity (Wildman–Crippen MR) is 145 cm³/mol. The molecule has 1 atom stereocenters. The van der Waals surface area contributed by atoms with E-state index in [1.807, 2.05) is 31.2 Å². The molecule has 3 aromatic carbocycles. The number of aliphatic hydroxyl groups excluding tert-OH is 1. The number of methoxy groups -OCH3 is 2. The Morgan fingerprint density at radius 2 is 1.64 bits per heavy atom. The second-order valence-electron chi connectivity index (χ2n) is 9.25. The van der Waals surface area contributed by atoms with Crippen molar-refractivity contribution in [2.45, 2.75) is 26.0 Å². The third-order valence-corrected chi connectivity index (χ3v) is 6.55. The van der Waals surface area contributed by atoms with Crippen molar-refractivity contribution in [2.24, 2.45) is 0 Å². The molecule has 1 N–H and O–H groups in total. The summed E-state index contributed by atoms with van der Waals surface area (Å²) < 4.78 is 15.8. The van der Waals surface area contributed by atoms with E-state index in [2.05, 4.69) is 0 Å². The number of rotatable bonds is 10. The summed E-state index contributed by atoms with van der Waals surface area (Å²) in [5.41, 5.74) is 3.46. The molecule has 4 rings (SSSR count). The van der Waals surface area contributed by atoms with Gasteiger partial charge in [0.2, 0.25) is 0 Å². The van der Waals surface area contributed by atoms with Gasteiger partial charge in [0, 0.05) is 25.8 Å². The molecule has 1 fully saturated rings. The van der Waals surface area contributed by atoms with Crippen LogP contribution in [0.3, 0.4) is 0 Å². The predicted octanol–water partition coefficient (Wildman–Crippen LogP) is 4.82. The zero-order chi connectivity index (χ0) is 27.9. The Balaban J connectivity index is 1.64. The minimum Gasteiger partial charge on any atom is -0.507 e. The molecule has 0 radical (unpaired) electrons. The molecule has 8 heteroatoms. The summed E-state index contributed by atoms with van der Waals surface area (Å²) in [7, 11) is 2.85. The Labute approximate surface area is 227 Å². The highest BCUT2D eigenvalue weighted by Gasteiger charge is 2.45. The Hall–Kier alpha value is -4.43. The first-order chi connectivity index (χ1) is 18.8. The van der Waals surface area contributed by atoms with Crippen molar-refractivity contribution in [3.05, 3.63) is 106 Å². The number of benzene rings is 3. The monoisotopic (exact) mass is 529 g/mol. The van der Waals surface area contributed by atoms with Gasteiger partial charge in [0.25, 0.3) is 11.7 Å². The zero-order valence-corrected chi connectivity index (χ0v) is 22.2. The molecule has 1 aliphatic rings. The first kappa shape index (κ1) is 27.6. The van der Waals surface area contributed by atoms with Crippen molar-refractivity contribution in [3.8, 4) is 5.75 Å². The molecule has 8 nitrogen and oxygen atoms in total. The maximum absolute atomic E-state index is 13.2. The van der Waals surface area contributed by atoms with Crippen molar-refractivity contribution >= 4 is 23.4 Å². The van der Waals surface area contributed by atoms with Crippen LogP contribution in [0.1, 0.15) is 45.1 Å². The van der Waals surface area contributed by atoms with Crippen LogP contribution in [0.4, 0.5) is 0 Å². The zero-order valence-electron chi connectivity index (χ0n) is 22.2. The highest BCUT2D eigenvalue weighted by atomic mass is 16.5. The van der Waals surface area contributed by atoms with Gasteiger partial charge in [-0.2, -0.15) is 0 Å². The largest absolute Gasteiger partial charge is 0.507 e. The van der Waals surface area contributed by atoms with Crippen LogP contribution in [0.5, 0.6) is 5.75 Å². The van der Waals surface area contributed by atoms with Gasteiger partial charge in [-0.05, 0) is 60.9 Å². The van der Waals surface area contributed by atoms with Crippen LogP contribution in [-0.4, -0.2) is 55.0 Å². The lowest BCUT2D eigenvalue weighted by Crippen LogP contribution is -2.31.